The van der Waals surface area contributed by atoms with E-state index in [4.69, 9.17) is 21.9 Å². The van der Waals surface area contributed by atoms with Crippen molar-refractivity contribution in [1.82, 2.24) is 19.9 Å². The van der Waals surface area contributed by atoms with Crippen LogP contribution in [0.5, 0.6) is 0 Å². The van der Waals surface area contributed by atoms with E-state index in [2.05, 4.69) is 59.0 Å². The minimum Gasteiger partial charge on any atom is -0.463 e. The number of hydrogen-bond donors (Lipinski definition) is 1. The lowest BCUT2D eigenvalue weighted by molar-refractivity contribution is 0.273. The third-order valence-corrected chi connectivity index (χ3v) is 5.58. The molecule has 2 heterocycles. The fourth-order valence-corrected chi connectivity index (χ4v) is 3.98. The molecule has 146 valence electrons. The van der Waals surface area contributed by atoms with E-state index in [1.807, 2.05) is 18.3 Å². The second kappa shape index (κ2) is 9.71. The highest BCUT2D eigenvalue weighted by Crippen LogP contribution is 2.35. The standard InChI is InChI=1S/C21H24N4OS2/c1-15(2)19-20(28-17-9-5-4-6-10-17)25(13-16-8-7-11-23-12-16)18(24-19)14-26-21(27)22-3/h4-12,15H,13-14H2,1-3H3,(H,22,27). The molecular formula is C21H24N4OS2. The molecule has 0 spiro atoms. The molecule has 2 aromatic heterocycles. The van der Waals surface area contributed by atoms with Crippen LogP contribution in [-0.4, -0.2) is 26.8 Å². The van der Waals surface area contributed by atoms with Crippen LogP contribution in [0.25, 0.3) is 0 Å². The van der Waals surface area contributed by atoms with Gasteiger partial charge in [0.25, 0.3) is 5.17 Å². The highest BCUT2D eigenvalue weighted by molar-refractivity contribution is 7.99. The fourth-order valence-electron chi connectivity index (χ4n) is 2.74. The van der Waals surface area contributed by atoms with Crippen molar-refractivity contribution in [2.45, 2.75) is 42.8 Å². The highest BCUT2D eigenvalue weighted by Gasteiger charge is 2.21. The molecule has 3 aromatic rings. The summed E-state index contributed by atoms with van der Waals surface area (Å²) in [6.07, 6.45) is 3.67. The quantitative estimate of drug-likeness (QED) is 0.572. The van der Waals surface area contributed by atoms with Gasteiger partial charge < -0.3 is 14.6 Å². The third kappa shape index (κ3) is 5.11. The van der Waals surface area contributed by atoms with Crippen LogP contribution in [0.1, 0.15) is 36.8 Å². The number of pyridine rings is 1. The Labute approximate surface area is 175 Å². The van der Waals surface area contributed by atoms with Gasteiger partial charge in [0.2, 0.25) is 0 Å². The molecule has 0 aliphatic rings. The van der Waals surface area contributed by atoms with Gasteiger partial charge in [0.1, 0.15) is 17.5 Å². The van der Waals surface area contributed by atoms with Crippen molar-refractivity contribution in [2.24, 2.45) is 0 Å². The van der Waals surface area contributed by atoms with E-state index in [0.717, 1.165) is 22.1 Å². The van der Waals surface area contributed by atoms with E-state index in [0.29, 0.717) is 18.3 Å². The Balaban J connectivity index is 2.02. The van der Waals surface area contributed by atoms with Crippen LogP contribution < -0.4 is 5.32 Å². The molecule has 7 heteroatoms. The Kier molecular flexibility index (Phi) is 7.06. The lowest BCUT2D eigenvalue weighted by Gasteiger charge is -2.14. The number of imidazole rings is 1. The van der Waals surface area contributed by atoms with E-state index in [1.54, 1.807) is 25.0 Å². The van der Waals surface area contributed by atoms with Gasteiger partial charge in [-0.1, -0.05) is 49.9 Å². The topological polar surface area (TPSA) is 52.0 Å². The molecule has 0 saturated heterocycles. The molecule has 5 nitrogen and oxygen atoms in total. The zero-order chi connectivity index (χ0) is 19.9. The normalized spacial score (nSPS) is 10.9. The van der Waals surface area contributed by atoms with Gasteiger partial charge in [-0.3, -0.25) is 4.98 Å². The van der Waals surface area contributed by atoms with Crippen LogP contribution in [0.15, 0.2) is 64.8 Å². The fraction of sp³-hybridized carbons (Fsp3) is 0.286. The van der Waals surface area contributed by atoms with Gasteiger partial charge in [-0.2, -0.15) is 0 Å². The number of aromatic nitrogens is 3. The van der Waals surface area contributed by atoms with Crippen molar-refractivity contribution >= 4 is 29.2 Å². The van der Waals surface area contributed by atoms with Crippen molar-refractivity contribution in [1.29, 1.82) is 0 Å². The Bertz CT molecular complexity index is 911. The number of benzene rings is 1. The SMILES string of the molecule is CNC(=S)OCc1nc(C(C)C)c(Sc2ccccc2)n1Cc1cccnc1. The Morgan fingerprint density at radius 1 is 1.21 bits per heavy atom. The summed E-state index contributed by atoms with van der Waals surface area (Å²) >= 11 is 6.86. The first-order valence-electron chi connectivity index (χ1n) is 9.14. The van der Waals surface area contributed by atoms with Crippen LogP contribution >= 0.6 is 24.0 Å². The first-order valence-corrected chi connectivity index (χ1v) is 10.4. The molecule has 1 aromatic carbocycles. The number of nitrogens with zero attached hydrogens (tertiary/aromatic N) is 3. The molecule has 3 rings (SSSR count). The lowest BCUT2D eigenvalue weighted by Crippen LogP contribution is -2.20. The van der Waals surface area contributed by atoms with E-state index in [1.165, 1.54) is 4.90 Å². The summed E-state index contributed by atoms with van der Waals surface area (Å²) in [5, 5.41) is 4.33. The molecule has 0 atom stereocenters. The Morgan fingerprint density at radius 2 is 2.00 bits per heavy atom. The number of thiocarbonyl (C=S) groups is 1. The number of rotatable bonds is 7. The first kappa shape index (κ1) is 20.4. The highest BCUT2D eigenvalue weighted by atomic mass is 32.2. The molecule has 0 amide bonds. The third-order valence-electron chi connectivity index (χ3n) is 4.13. The van der Waals surface area contributed by atoms with E-state index >= 15 is 0 Å². The first-order chi connectivity index (χ1) is 13.6. The van der Waals surface area contributed by atoms with Crippen LogP contribution in [0, 0.1) is 0 Å². The van der Waals surface area contributed by atoms with Gasteiger partial charge in [-0.25, -0.2) is 4.98 Å². The predicted molar refractivity (Wildman–Crippen MR) is 117 cm³/mol. The number of hydrogen-bond acceptors (Lipinski definition) is 5. The average molecular weight is 413 g/mol. The summed E-state index contributed by atoms with van der Waals surface area (Å²) in [7, 11) is 1.75. The predicted octanol–water partition coefficient (Wildman–Crippen LogP) is 4.62. The molecular weight excluding hydrogens is 388 g/mol. The molecule has 1 N–H and O–H groups in total. The largest absolute Gasteiger partial charge is 0.463 e. The van der Waals surface area contributed by atoms with E-state index in [-0.39, 0.29) is 5.92 Å². The van der Waals surface area contributed by atoms with Crippen molar-refractivity contribution in [3.63, 3.8) is 0 Å². The lowest BCUT2D eigenvalue weighted by atomic mass is 10.1. The maximum Gasteiger partial charge on any atom is 0.256 e. The maximum atomic E-state index is 5.67. The minimum atomic E-state index is 0.288. The van der Waals surface area contributed by atoms with Crippen molar-refractivity contribution in [3.05, 3.63) is 71.9 Å². The monoisotopic (exact) mass is 412 g/mol. The second-order valence-electron chi connectivity index (χ2n) is 6.56. The smallest absolute Gasteiger partial charge is 0.256 e. The van der Waals surface area contributed by atoms with Crippen LogP contribution in [0.4, 0.5) is 0 Å². The molecule has 0 radical (unpaired) electrons. The minimum absolute atomic E-state index is 0.288. The number of ether oxygens (including phenoxy) is 1. The molecule has 0 bridgehead atoms. The van der Waals surface area contributed by atoms with Crippen LogP contribution in [0.3, 0.4) is 0 Å². The van der Waals surface area contributed by atoms with Gasteiger partial charge in [0.05, 0.1) is 12.2 Å². The van der Waals surface area contributed by atoms with Gasteiger partial charge in [0.15, 0.2) is 0 Å². The molecule has 0 saturated carbocycles. The zero-order valence-corrected chi connectivity index (χ0v) is 17.9. The average Bonchev–Trinajstić information content (AvgIpc) is 3.05. The van der Waals surface area contributed by atoms with Gasteiger partial charge >= 0.3 is 0 Å². The summed E-state index contributed by atoms with van der Waals surface area (Å²) in [6, 6.07) is 14.4. The van der Waals surface area contributed by atoms with Crippen LogP contribution in [0.2, 0.25) is 0 Å². The van der Waals surface area contributed by atoms with Gasteiger partial charge in [-0.05, 0) is 41.9 Å². The van der Waals surface area contributed by atoms with Gasteiger partial charge in [-0.15, -0.1) is 0 Å². The van der Waals surface area contributed by atoms with Crippen molar-refractivity contribution in [3.8, 4) is 0 Å². The van der Waals surface area contributed by atoms with Gasteiger partial charge in [0, 0.05) is 24.3 Å². The van der Waals surface area contributed by atoms with Crippen LogP contribution in [-0.2, 0) is 17.9 Å². The zero-order valence-electron chi connectivity index (χ0n) is 16.3. The summed E-state index contributed by atoms with van der Waals surface area (Å²) in [4.78, 5) is 10.3. The molecule has 0 aliphatic heterocycles. The molecule has 28 heavy (non-hydrogen) atoms. The van der Waals surface area contributed by atoms with Crippen molar-refractivity contribution < 1.29 is 4.74 Å². The summed E-state index contributed by atoms with van der Waals surface area (Å²) in [5.74, 6) is 1.14. The molecule has 0 aliphatic carbocycles. The second-order valence-corrected chi connectivity index (χ2v) is 7.99. The number of nitrogens with one attached hydrogen (secondary N) is 1. The van der Waals surface area contributed by atoms with Crippen molar-refractivity contribution in [2.75, 3.05) is 7.05 Å². The summed E-state index contributed by atoms with van der Waals surface area (Å²) in [5.41, 5.74) is 2.18. The summed E-state index contributed by atoms with van der Waals surface area (Å²) < 4.78 is 7.88. The Hall–Kier alpha value is -2.38. The molecule has 0 fully saturated rings. The Morgan fingerprint density at radius 3 is 2.64 bits per heavy atom. The summed E-state index contributed by atoms with van der Waals surface area (Å²) in [6.45, 7) is 5.31. The van der Waals surface area contributed by atoms with E-state index in [9.17, 15) is 0 Å². The molecule has 0 unspecified atom stereocenters. The van der Waals surface area contributed by atoms with E-state index < -0.39 is 0 Å². The maximum absolute atomic E-state index is 5.67.